The van der Waals surface area contributed by atoms with E-state index in [1.807, 2.05) is 32.0 Å². The van der Waals surface area contributed by atoms with Crippen molar-refractivity contribution < 1.29 is 9.53 Å². The number of hydrogen-bond acceptors (Lipinski definition) is 2. The molecule has 1 aromatic rings. The van der Waals surface area contributed by atoms with Gasteiger partial charge in [-0.05, 0) is 50.5 Å². The van der Waals surface area contributed by atoms with Crippen molar-refractivity contribution in [3.63, 3.8) is 0 Å². The summed E-state index contributed by atoms with van der Waals surface area (Å²) in [6.07, 6.45) is 1.73. The Labute approximate surface area is 110 Å². The summed E-state index contributed by atoms with van der Waals surface area (Å²) in [5.74, 6) is -0.0625. The number of benzene rings is 1. The molecule has 1 N–H and O–H groups in total. The predicted molar refractivity (Wildman–Crippen MR) is 71.1 cm³/mol. The standard InChI is InChI=1S/C13H16BrNO2/c1-9-6-10(14)8-11(7-9)15-12(16)13(2)4-3-5-17-13/h6-8H,3-5H2,1-2H3,(H,15,16). The number of ether oxygens (including phenoxy) is 1. The summed E-state index contributed by atoms with van der Waals surface area (Å²) in [7, 11) is 0. The van der Waals surface area contributed by atoms with Gasteiger partial charge in [0.15, 0.2) is 0 Å². The predicted octanol–water partition coefficient (Wildman–Crippen LogP) is 3.27. The highest BCUT2D eigenvalue weighted by atomic mass is 79.9. The van der Waals surface area contributed by atoms with Gasteiger partial charge in [-0.1, -0.05) is 15.9 Å². The third-order valence-corrected chi connectivity index (χ3v) is 3.46. The summed E-state index contributed by atoms with van der Waals surface area (Å²) in [6, 6.07) is 5.84. The minimum Gasteiger partial charge on any atom is -0.365 e. The van der Waals surface area contributed by atoms with Crippen LogP contribution in [0.1, 0.15) is 25.3 Å². The number of hydrogen-bond donors (Lipinski definition) is 1. The van der Waals surface area contributed by atoms with Gasteiger partial charge in [-0.15, -0.1) is 0 Å². The molecule has 0 saturated carbocycles. The highest BCUT2D eigenvalue weighted by Crippen LogP contribution is 2.27. The van der Waals surface area contributed by atoms with Gasteiger partial charge in [0.2, 0.25) is 0 Å². The van der Waals surface area contributed by atoms with Crippen LogP contribution in [0.4, 0.5) is 5.69 Å². The number of carbonyl (C=O) groups excluding carboxylic acids is 1. The van der Waals surface area contributed by atoms with E-state index in [0.29, 0.717) is 6.61 Å². The Morgan fingerprint density at radius 3 is 2.82 bits per heavy atom. The van der Waals surface area contributed by atoms with Crippen LogP contribution < -0.4 is 5.32 Å². The Balaban J connectivity index is 2.12. The molecule has 1 unspecified atom stereocenters. The van der Waals surface area contributed by atoms with Gasteiger partial charge in [0.1, 0.15) is 5.60 Å². The van der Waals surface area contributed by atoms with Crippen LogP contribution in [0.3, 0.4) is 0 Å². The first-order valence-electron chi connectivity index (χ1n) is 5.72. The van der Waals surface area contributed by atoms with Crippen molar-refractivity contribution in [3.05, 3.63) is 28.2 Å². The third kappa shape index (κ3) is 2.87. The van der Waals surface area contributed by atoms with E-state index in [1.54, 1.807) is 0 Å². The van der Waals surface area contributed by atoms with Crippen LogP contribution in [0.2, 0.25) is 0 Å². The number of halogens is 1. The molecule has 1 amide bonds. The number of rotatable bonds is 2. The first kappa shape index (κ1) is 12.6. The molecular formula is C13H16BrNO2. The summed E-state index contributed by atoms with van der Waals surface area (Å²) in [4.78, 5) is 12.1. The molecule has 3 nitrogen and oxygen atoms in total. The fourth-order valence-electron chi connectivity index (χ4n) is 2.03. The molecule has 1 saturated heterocycles. The molecule has 0 aliphatic carbocycles. The van der Waals surface area contributed by atoms with E-state index in [4.69, 9.17) is 4.74 Å². The molecule has 4 heteroatoms. The molecule has 1 aliphatic rings. The molecule has 0 aromatic heterocycles. The fourth-order valence-corrected chi connectivity index (χ4v) is 2.64. The first-order chi connectivity index (χ1) is 7.99. The quantitative estimate of drug-likeness (QED) is 0.910. The van der Waals surface area contributed by atoms with E-state index in [1.165, 1.54) is 0 Å². The van der Waals surface area contributed by atoms with Gasteiger partial charge in [-0.25, -0.2) is 0 Å². The molecule has 92 valence electrons. The summed E-state index contributed by atoms with van der Waals surface area (Å²) in [6.45, 7) is 4.51. The summed E-state index contributed by atoms with van der Waals surface area (Å²) < 4.78 is 6.47. The first-order valence-corrected chi connectivity index (χ1v) is 6.51. The lowest BCUT2D eigenvalue weighted by Gasteiger charge is -2.22. The Morgan fingerprint density at radius 1 is 1.47 bits per heavy atom. The summed E-state index contributed by atoms with van der Waals surface area (Å²) in [5.41, 5.74) is 1.24. The van der Waals surface area contributed by atoms with Crippen molar-refractivity contribution in [2.75, 3.05) is 11.9 Å². The average Bonchev–Trinajstić information content (AvgIpc) is 2.64. The lowest BCUT2D eigenvalue weighted by Crippen LogP contribution is -2.39. The van der Waals surface area contributed by atoms with Gasteiger partial charge in [0.25, 0.3) is 5.91 Å². The smallest absolute Gasteiger partial charge is 0.256 e. The molecule has 1 fully saturated rings. The van der Waals surface area contributed by atoms with Crippen molar-refractivity contribution in [1.29, 1.82) is 0 Å². The third-order valence-electron chi connectivity index (χ3n) is 3.00. The number of nitrogens with one attached hydrogen (secondary N) is 1. The van der Waals surface area contributed by atoms with E-state index in [-0.39, 0.29) is 5.91 Å². The number of carbonyl (C=O) groups is 1. The van der Waals surface area contributed by atoms with Crippen molar-refractivity contribution in [2.24, 2.45) is 0 Å². The minimum absolute atomic E-state index is 0.0625. The lowest BCUT2D eigenvalue weighted by atomic mass is 10.0. The average molecular weight is 298 g/mol. The van der Waals surface area contributed by atoms with Crippen molar-refractivity contribution in [1.82, 2.24) is 0 Å². The lowest BCUT2D eigenvalue weighted by molar-refractivity contribution is -0.133. The summed E-state index contributed by atoms with van der Waals surface area (Å²) >= 11 is 3.42. The molecule has 1 aliphatic heterocycles. The molecule has 1 heterocycles. The van der Waals surface area contributed by atoms with E-state index < -0.39 is 5.60 Å². The Hall–Kier alpha value is -0.870. The fraction of sp³-hybridized carbons (Fsp3) is 0.462. The highest BCUT2D eigenvalue weighted by Gasteiger charge is 2.37. The van der Waals surface area contributed by atoms with Crippen LogP contribution in [-0.4, -0.2) is 18.1 Å². The van der Waals surface area contributed by atoms with Gasteiger partial charge in [-0.3, -0.25) is 4.79 Å². The van der Waals surface area contributed by atoms with E-state index in [0.717, 1.165) is 28.6 Å². The van der Waals surface area contributed by atoms with Crippen LogP contribution >= 0.6 is 15.9 Å². The zero-order chi connectivity index (χ0) is 12.5. The van der Waals surface area contributed by atoms with Gasteiger partial charge < -0.3 is 10.1 Å². The minimum atomic E-state index is -0.670. The Bertz CT molecular complexity index is 419. The van der Waals surface area contributed by atoms with Crippen molar-refractivity contribution in [2.45, 2.75) is 32.3 Å². The van der Waals surface area contributed by atoms with Gasteiger partial charge in [0.05, 0.1) is 0 Å². The second kappa shape index (κ2) is 4.78. The SMILES string of the molecule is Cc1cc(Br)cc(NC(=O)C2(C)CCCO2)c1. The number of aryl methyl sites for hydroxylation is 1. The van der Waals surface area contributed by atoms with Crippen LogP contribution in [0.5, 0.6) is 0 Å². The zero-order valence-corrected chi connectivity index (χ0v) is 11.6. The van der Waals surface area contributed by atoms with Crippen LogP contribution in [0.25, 0.3) is 0 Å². The maximum Gasteiger partial charge on any atom is 0.256 e. The van der Waals surface area contributed by atoms with Gasteiger partial charge >= 0.3 is 0 Å². The largest absolute Gasteiger partial charge is 0.365 e. The topological polar surface area (TPSA) is 38.3 Å². The molecule has 17 heavy (non-hydrogen) atoms. The molecule has 0 radical (unpaired) electrons. The maximum atomic E-state index is 12.1. The monoisotopic (exact) mass is 297 g/mol. The molecule has 1 atom stereocenters. The second-order valence-electron chi connectivity index (χ2n) is 4.65. The maximum absolute atomic E-state index is 12.1. The highest BCUT2D eigenvalue weighted by molar-refractivity contribution is 9.10. The number of anilines is 1. The van der Waals surface area contributed by atoms with E-state index in [9.17, 15) is 4.79 Å². The number of amides is 1. The normalized spacial score (nSPS) is 23.7. The second-order valence-corrected chi connectivity index (χ2v) is 5.57. The molecule has 2 rings (SSSR count). The van der Waals surface area contributed by atoms with Crippen LogP contribution in [-0.2, 0) is 9.53 Å². The van der Waals surface area contributed by atoms with Crippen LogP contribution in [0.15, 0.2) is 22.7 Å². The van der Waals surface area contributed by atoms with Crippen molar-refractivity contribution in [3.8, 4) is 0 Å². The van der Waals surface area contributed by atoms with Crippen LogP contribution in [0, 0.1) is 6.92 Å². The molecule has 1 aromatic carbocycles. The van der Waals surface area contributed by atoms with Crippen molar-refractivity contribution >= 4 is 27.5 Å². The zero-order valence-electron chi connectivity index (χ0n) is 10.0. The summed E-state index contributed by atoms with van der Waals surface area (Å²) in [5, 5.41) is 2.91. The van der Waals surface area contributed by atoms with Gasteiger partial charge in [-0.2, -0.15) is 0 Å². The molecular weight excluding hydrogens is 282 g/mol. The molecule has 0 spiro atoms. The van der Waals surface area contributed by atoms with E-state index in [2.05, 4.69) is 21.2 Å². The Morgan fingerprint density at radius 2 is 2.24 bits per heavy atom. The Kier molecular flexibility index (Phi) is 3.54. The van der Waals surface area contributed by atoms with Gasteiger partial charge in [0, 0.05) is 16.8 Å². The van der Waals surface area contributed by atoms with E-state index >= 15 is 0 Å². The molecule has 0 bridgehead atoms.